The zero-order valence-electron chi connectivity index (χ0n) is 9.44. The first-order valence-corrected chi connectivity index (χ1v) is 6.10. The lowest BCUT2D eigenvalue weighted by Crippen LogP contribution is -2.46. The number of thiol groups is 1. The normalized spacial score (nSPS) is 20.7. The van der Waals surface area contributed by atoms with Gasteiger partial charge in [0.15, 0.2) is 0 Å². The molecule has 0 unspecified atom stereocenters. The van der Waals surface area contributed by atoms with E-state index in [4.69, 9.17) is 0 Å². The highest BCUT2D eigenvalue weighted by Crippen LogP contribution is 2.42. The molecule has 0 amide bonds. The molecule has 0 aromatic rings. The van der Waals surface area contributed by atoms with Gasteiger partial charge < -0.3 is 4.74 Å². The molecule has 0 spiro atoms. The topological polar surface area (TPSA) is 9.23 Å². The lowest BCUT2D eigenvalue weighted by molar-refractivity contribution is -0.325. The van der Waals surface area contributed by atoms with Crippen molar-refractivity contribution >= 4 is 12.6 Å². The van der Waals surface area contributed by atoms with Crippen LogP contribution >= 0.6 is 12.6 Å². The minimum absolute atomic E-state index is 0.232. The number of hydrogen-bond donors (Lipinski definition) is 1. The third-order valence-electron chi connectivity index (χ3n) is 3.15. The van der Waals surface area contributed by atoms with Crippen LogP contribution in [-0.4, -0.2) is 30.8 Å². The second-order valence-electron chi connectivity index (χ2n) is 4.64. The van der Waals surface area contributed by atoms with Crippen molar-refractivity contribution in [2.45, 2.75) is 44.1 Å². The molecule has 0 atom stereocenters. The Labute approximate surface area is 106 Å². The Hall–Kier alpha value is -0.110. The van der Waals surface area contributed by atoms with Crippen LogP contribution in [0.5, 0.6) is 0 Å². The maximum Gasteiger partial charge on any atom is 0.423 e. The molecule has 0 radical (unpaired) electrons. The van der Waals surface area contributed by atoms with E-state index < -0.39 is 30.5 Å². The summed E-state index contributed by atoms with van der Waals surface area (Å²) in [6.45, 7) is -0.555. The van der Waals surface area contributed by atoms with Gasteiger partial charge in [0.1, 0.15) is 0 Å². The van der Waals surface area contributed by atoms with Gasteiger partial charge in [-0.15, -0.1) is 0 Å². The molecule has 18 heavy (non-hydrogen) atoms. The second kappa shape index (κ2) is 5.48. The van der Waals surface area contributed by atoms with Gasteiger partial charge in [0.05, 0.1) is 6.61 Å². The van der Waals surface area contributed by atoms with Crippen LogP contribution in [0.3, 0.4) is 0 Å². The van der Waals surface area contributed by atoms with Crippen molar-refractivity contribution in [3.63, 3.8) is 0 Å². The van der Waals surface area contributed by atoms with Crippen LogP contribution in [0.15, 0.2) is 0 Å². The minimum atomic E-state index is -5.44. The van der Waals surface area contributed by atoms with Crippen LogP contribution in [0.1, 0.15) is 25.7 Å². The third kappa shape index (κ3) is 3.94. The van der Waals surface area contributed by atoms with E-state index in [9.17, 15) is 26.3 Å². The summed E-state index contributed by atoms with van der Waals surface area (Å²) in [7, 11) is 0. The van der Waals surface area contributed by atoms with Crippen molar-refractivity contribution < 1.29 is 31.1 Å². The van der Waals surface area contributed by atoms with E-state index in [1.807, 2.05) is 0 Å². The van der Waals surface area contributed by atoms with Gasteiger partial charge in [-0.3, -0.25) is 0 Å². The average molecular weight is 296 g/mol. The Bertz CT molecular complexity index is 255. The first-order valence-electron chi connectivity index (χ1n) is 5.47. The summed E-state index contributed by atoms with van der Waals surface area (Å²) in [5.41, 5.74) is -0.655. The zero-order valence-corrected chi connectivity index (χ0v) is 10.3. The molecule has 8 heteroatoms. The maximum atomic E-state index is 12.3. The number of halogens is 6. The van der Waals surface area contributed by atoms with Gasteiger partial charge in [0.2, 0.25) is 6.10 Å². The number of ether oxygens (including phenoxy) is 1. The number of rotatable bonds is 4. The molecule has 108 valence electrons. The smallest absolute Gasteiger partial charge is 0.360 e. The van der Waals surface area contributed by atoms with E-state index in [-0.39, 0.29) is 5.75 Å². The van der Waals surface area contributed by atoms with E-state index >= 15 is 0 Å². The molecule has 0 heterocycles. The van der Waals surface area contributed by atoms with Gasteiger partial charge in [0.25, 0.3) is 0 Å². The molecular weight excluding hydrogens is 282 g/mol. The fraction of sp³-hybridized carbons (Fsp3) is 1.00. The minimum Gasteiger partial charge on any atom is -0.360 e. The fourth-order valence-corrected chi connectivity index (χ4v) is 2.52. The molecule has 1 aliphatic carbocycles. The maximum absolute atomic E-state index is 12.3. The molecule has 0 N–H and O–H groups in total. The van der Waals surface area contributed by atoms with E-state index in [1.54, 1.807) is 0 Å². The summed E-state index contributed by atoms with van der Waals surface area (Å²) in [6, 6.07) is 0. The molecular formula is C10H14F6OS. The highest BCUT2D eigenvalue weighted by atomic mass is 32.1. The quantitative estimate of drug-likeness (QED) is 0.610. The van der Waals surface area contributed by atoms with Gasteiger partial charge in [-0.05, 0) is 18.6 Å². The summed E-state index contributed by atoms with van der Waals surface area (Å²) in [4.78, 5) is 0. The van der Waals surface area contributed by atoms with Gasteiger partial charge in [-0.2, -0.15) is 39.0 Å². The van der Waals surface area contributed by atoms with Gasteiger partial charge in [-0.1, -0.05) is 12.8 Å². The molecule has 0 aromatic carbocycles. The van der Waals surface area contributed by atoms with Gasteiger partial charge in [0, 0.05) is 5.41 Å². The van der Waals surface area contributed by atoms with Crippen molar-refractivity contribution in [3.05, 3.63) is 0 Å². The number of alkyl halides is 6. The van der Waals surface area contributed by atoms with Crippen LogP contribution in [0.4, 0.5) is 26.3 Å². The molecule has 0 saturated heterocycles. The molecule has 0 aromatic heterocycles. The molecule has 1 rings (SSSR count). The summed E-state index contributed by atoms with van der Waals surface area (Å²) >= 11 is 4.01. The van der Waals surface area contributed by atoms with Gasteiger partial charge in [-0.25, -0.2) is 0 Å². The summed E-state index contributed by atoms with van der Waals surface area (Å²) in [6.07, 6.45) is -11.9. The van der Waals surface area contributed by atoms with Crippen molar-refractivity contribution in [1.82, 2.24) is 0 Å². The van der Waals surface area contributed by atoms with Crippen LogP contribution in [0.2, 0.25) is 0 Å². The summed E-state index contributed by atoms with van der Waals surface area (Å²) < 4.78 is 77.7. The van der Waals surface area contributed by atoms with Gasteiger partial charge >= 0.3 is 12.4 Å². The predicted molar refractivity (Wildman–Crippen MR) is 56.6 cm³/mol. The van der Waals surface area contributed by atoms with Crippen molar-refractivity contribution in [2.24, 2.45) is 5.41 Å². The Morgan fingerprint density at radius 3 is 1.78 bits per heavy atom. The lowest BCUT2D eigenvalue weighted by atomic mass is 9.90. The molecule has 0 aliphatic heterocycles. The summed E-state index contributed by atoms with van der Waals surface area (Å²) in [5.74, 6) is 0.232. The Morgan fingerprint density at radius 1 is 1.00 bits per heavy atom. The molecule has 0 bridgehead atoms. The van der Waals surface area contributed by atoms with Crippen LogP contribution in [0.25, 0.3) is 0 Å². The monoisotopic (exact) mass is 296 g/mol. The highest BCUT2D eigenvalue weighted by Gasteiger charge is 2.58. The molecule has 1 nitrogen and oxygen atoms in total. The van der Waals surface area contributed by atoms with E-state index in [1.165, 1.54) is 0 Å². The largest absolute Gasteiger partial charge is 0.423 e. The van der Waals surface area contributed by atoms with E-state index in [0.717, 1.165) is 12.8 Å². The zero-order chi connectivity index (χ0) is 14.0. The highest BCUT2D eigenvalue weighted by molar-refractivity contribution is 7.80. The lowest BCUT2D eigenvalue weighted by Gasteiger charge is -2.30. The first kappa shape index (κ1) is 15.9. The summed E-state index contributed by atoms with van der Waals surface area (Å²) in [5, 5.41) is 0. The Kier molecular flexibility index (Phi) is 4.86. The number of hydrogen-bond acceptors (Lipinski definition) is 2. The molecule has 1 fully saturated rings. The van der Waals surface area contributed by atoms with E-state index in [0.29, 0.717) is 12.8 Å². The molecule has 1 aliphatic rings. The van der Waals surface area contributed by atoms with Crippen LogP contribution in [-0.2, 0) is 4.74 Å². The predicted octanol–water partition coefficient (Wildman–Crippen LogP) is 3.99. The van der Waals surface area contributed by atoms with Crippen molar-refractivity contribution in [3.8, 4) is 0 Å². The fourth-order valence-electron chi connectivity index (χ4n) is 2.11. The standard InChI is InChI=1S/C10H14F6OS/c11-9(12,13)7(10(14,15)16)17-5-8(6-18)3-1-2-4-8/h7,18H,1-6H2. The average Bonchev–Trinajstić information content (AvgIpc) is 2.63. The van der Waals surface area contributed by atoms with E-state index in [2.05, 4.69) is 17.4 Å². The van der Waals surface area contributed by atoms with Crippen LogP contribution in [0, 0.1) is 5.41 Å². The first-order chi connectivity index (χ1) is 8.11. The van der Waals surface area contributed by atoms with Crippen molar-refractivity contribution in [1.29, 1.82) is 0 Å². The van der Waals surface area contributed by atoms with Crippen molar-refractivity contribution in [2.75, 3.05) is 12.4 Å². The third-order valence-corrected chi connectivity index (χ3v) is 3.82. The van der Waals surface area contributed by atoms with Crippen LogP contribution < -0.4 is 0 Å². The Balaban J connectivity index is 2.68. The Morgan fingerprint density at radius 2 is 1.44 bits per heavy atom. The SMILES string of the molecule is FC(F)(F)C(OCC1(CS)CCCC1)C(F)(F)F. The second-order valence-corrected chi connectivity index (χ2v) is 4.96. The molecule has 1 saturated carbocycles.